The van der Waals surface area contributed by atoms with Crippen LogP contribution in [-0.2, 0) is 0 Å². The molecule has 2 rings (SSSR count). The molecule has 0 spiro atoms. The van der Waals surface area contributed by atoms with Crippen molar-refractivity contribution in [2.75, 3.05) is 7.11 Å². The number of benzene rings is 2. The summed E-state index contributed by atoms with van der Waals surface area (Å²) in [6, 6.07) is 14.5. The SMILES string of the molecule is C=C(C)c1ccc(OC)cc1-c1ccc(O[Si](C)(C)C(C)(C)C)cc1. The summed E-state index contributed by atoms with van der Waals surface area (Å²) in [5.41, 5.74) is 4.45. The number of methoxy groups -OCH3 is 1. The molecule has 3 heteroatoms. The van der Waals surface area contributed by atoms with Gasteiger partial charge >= 0.3 is 0 Å². The summed E-state index contributed by atoms with van der Waals surface area (Å²) in [4.78, 5) is 0. The van der Waals surface area contributed by atoms with Gasteiger partial charge in [0.05, 0.1) is 7.11 Å². The van der Waals surface area contributed by atoms with Crippen molar-refractivity contribution in [3.05, 3.63) is 54.6 Å². The zero-order valence-electron chi connectivity index (χ0n) is 16.6. The van der Waals surface area contributed by atoms with Crippen LogP contribution in [0.1, 0.15) is 33.3 Å². The molecule has 2 nitrogen and oxygen atoms in total. The lowest BCUT2D eigenvalue weighted by Crippen LogP contribution is -2.43. The van der Waals surface area contributed by atoms with Gasteiger partial charge in [-0.1, -0.05) is 51.1 Å². The van der Waals surface area contributed by atoms with Crippen LogP contribution in [0.2, 0.25) is 18.1 Å². The summed E-state index contributed by atoms with van der Waals surface area (Å²) in [6.45, 7) is 17.4. The van der Waals surface area contributed by atoms with E-state index in [0.717, 1.165) is 33.8 Å². The fourth-order valence-corrected chi connectivity index (χ4v) is 3.44. The van der Waals surface area contributed by atoms with Crippen molar-refractivity contribution in [2.24, 2.45) is 0 Å². The van der Waals surface area contributed by atoms with E-state index in [-0.39, 0.29) is 5.04 Å². The molecule has 2 aromatic carbocycles. The lowest BCUT2D eigenvalue weighted by Gasteiger charge is -2.36. The summed E-state index contributed by atoms with van der Waals surface area (Å²) < 4.78 is 11.8. The van der Waals surface area contributed by atoms with Crippen LogP contribution in [0.5, 0.6) is 11.5 Å². The van der Waals surface area contributed by atoms with Crippen LogP contribution in [0.15, 0.2) is 49.0 Å². The summed E-state index contributed by atoms with van der Waals surface area (Å²) in [6.07, 6.45) is 0. The fraction of sp³-hybridized carbons (Fsp3) is 0.364. The third-order valence-corrected chi connectivity index (χ3v) is 9.39. The summed E-state index contributed by atoms with van der Waals surface area (Å²) in [7, 11) is -0.130. The first-order valence-electron chi connectivity index (χ1n) is 8.68. The maximum Gasteiger partial charge on any atom is 0.250 e. The minimum atomic E-state index is -1.82. The largest absolute Gasteiger partial charge is 0.544 e. The summed E-state index contributed by atoms with van der Waals surface area (Å²) in [5, 5.41) is 0.186. The predicted molar refractivity (Wildman–Crippen MR) is 111 cm³/mol. The Kier molecular flexibility index (Phi) is 5.48. The Morgan fingerprint density at radius 2 is 1.52 bits per heavy atom. The lowest BCUT2D eigenvalue weighted by molar-refractivity contribution is 0.415. The van der Waals surface area contributed by atoms with E-state index < -0.39 is 8.32 Å². The Bertz CT molecular complexity index is 753. The van der Waals surface area contributed by atoms with Gasteiger partial charge in [0.25, 0.3) is 0 Å². The molecule has 0 aliphatic rings. The first kappa shape index (κ1) is 19.3. The molecule has 0 atom stereocenters. The standard InChI is InChI=1S/C22H30O2Si/c1-16(2)20-14-13-19(23-6)15-21(20)17-9-11-18(12-10-17)24-25(7,8)22(3,4)5/h9-15H,1H2,2-8H3. The molecule has 0 N–H and O–H groups in total. The monoisotopic (exact) mass is 354 g/mol. The molecular formula is C22H30O2Si. The minimum absolute atomic E-state index is 0.186. The average Bonchev–Trinajstić information content (AvgIpc) is 2.53. The Balaban J connectivity index is 2.36. The highest BCUT2D eigenvalue weighted by molar-refractivity contribution is 6.74. The Hall–Kier alpha value is -2.00. The third-order valence-electron chi connectivity index (χ3n) is 5.03. The van der Waals surface area contributed by atoms with E-state index in [0.29, 0.717) is 0 Å². The van der Waals surface area contributed by atoms with E-state index in [1.807, 2.05) is 13.0 Å². The van der Waals surface area contributed by atoms with Crippen molar-refractivity contribution in [1.82, 2.24) is 0 Å². The van der Waals surface area contributed by atoms with E-state index in [1.165, 1.54) is 0 Å². The number of rotatable bonds is 5. The van der Waals surface area contributed by atoms with Crippen molar-refractivity contribution in [3.63, 3.8) is 0 Å². The second kappa shape index (κ2) is 7.09. The average molecular weight is 355 g/mol. The molecular weight excluding hydrogens is 324 g/mol. The van der Waals surface area contributed by atoms with Gasteiger partial charge in [-0.3, -0.25) is 0 Å². The second-order valence-electron chi connectivity index (χ2n) is 8.08. The highest BCUT2D eigenvalue weighted by Crippen LogP contribution is 2.38. The van der Waals surface area contributed by atoms with Crippen LogP contribution < -0.4 is 9.16 Å². The van der Waals surface area contributed by atoms with E-state index in [2.05, 4.69) is 76.8 Å². The van der Waals surface area contributed by atoms with Crippen LogP contribution >= 0.6 is 0 Å². The Labute approximate surface area is 153 Å². The van der Waals surface area contributed by atoms with Crippen molar-refractivity contribution >= 4 is 13.9 Å². The normalized spacial score (nSPS) is 12.0. The molecule has 134 valence electrons. The van der Waals surface area contributed by atoms with Gasteiger partial charge in [-0.25, -0.2) is 0 Å². The molecule has 25 heavy (non-hydrogen) atoms. The van der Waals surface area contributed by atoms with Gasteiger partial charge in [-0.05, 0) is 66.0 Å². The maximum atomic E-state index is 6.38. The van der Waals surface area contributed by atoms with Crippen molar-refractivity contribution < 1.29 is 9.16 Å². The van der Waals surface area contributed by atoms with Crippen LogP contribution in [0.3, 0.4) is 0 Å². The van der Waals surface area contributed by atoms with Crippen LogP contribution in [0, 0.1) is 0 Å². The highest BCUT2D eigenvalue weighted by atomic mass is 28.4. The topological polar surface area (TPSA) is 18.5 Å². The van der Waals surface area contributed by atoms with Gasteiger partial charge in [0.15, 0.2) is 0 Å². The number of ether oxygens (including phenoxy) is 1. The van der Waals surface area contributed by atoms with E-state index in [9.17, 15) is 0 Å². The molecule has 0 saturated heterocycles. The number of hydrogen-bond acceptors (Lipinski definition) is 2. The van der Waals surface area contributed by atoms with Crippen molar-refractivity contribution in [2.45, 2.75) is 45.8 Å². The molecule has 0 heterocycles. The quantitative estimate of drug-likeness (QED) is 0.551. The number of hydrogen-bond donors (Lipinski definition) is 0. The van der Waals surface area contributed by atoms with Gasteiger partial charge in [0.1, 0.15) is 11.5 Å². The van der Waals surface area contributed by atoms with Gasteiger partial charge in [0.2, 0.25) is 8.32 Å². The molecule has 0 saturated carbocycles. The molecule has 0 fully saturated rings. The predicted octanol–water partition coefficient (Wildman–Crippen LogP) is 6.78. The second-order valence-corrected chi connectivity index (χ2v) is 12.8. The Morgan fingerprint density at radius 1 is 0.960 bits per heavy atom. The molecule has 0 aliphatic heterocycles. The van der Waals surface area contributed by atoms with Crippen LogP contribution in [0.4, 0.5) is 0 Å². The van der Waals surface area contributed by atoms with Crippen LogP contribution in [-0.4, -0.2) is 15.4 Å². The Morgan fingerprint density at radius 3 is 2.00 bits per heavy atom. The third kappa shape index (κ3) is 4.34. The molecule has 0 unspecified atom stereocenters. The van der Waals surface area contributed by atoms with E-state index in [4.69, 9.17) is 9.16 Å². The molecule has 0 bridgehead atoms. The zero-order chi connectivity index (χ0) is 18.8. The lowest BCUT2D eigenvalue weighted by atomic mass is 9.95. The minimum Gasteiger partial charge on any atom is -0.544 e. The van der Waals surface area contributed by atoms with Crippen molar-refractivity contribution in [3.8, 4) is 22.6 Å². The van der Waals surface area contributed by atoms with Crippen LogP contribution in [0.25, 0.3) is 16.7 Å². The smallest absolute Gasteiger partial charge is 0.250 e. The fourth-order valence-electron chi connectivity index (χ4n) is 2.41. The summed E-state index contributed by atoms with van der Waals surface area (Å²) in [5.74, 6) is 1.79. The molecule has 0 radical (unpaired) electrons. The molecule has 0 aliphatic carbocycles. The maximum absolute atomic E-state index is 6.38. The van der Waals surface area contributed by atoms with Gasteiger partial charge in [-0.15, -0.1) is 0 Å². The van der Waals surface area contributed by atoms with Gasteiger partial charge in [0, 0.05) is 0 Å². The molecule has 0 amide bonds. The van der Waals surface area contributed by atoms with E-state index in [1.54, 1.807) is 7.11 Å². The van der Waals surface area contributed by atoms with Gasteiger partial charge < -0.3 is 9.16 Å². The zero-order valence-corrected chi connectivity index (χ0v) is 17.6. The summed E-state index contributed by atoms with van der Waals surface area (Å²) >= 11 is 0. The molecule has 0 aromatic heterocycles. The number of allylic oxidation sites excluding steroid dienone is 1. The first-order valence-corrected chi connectivity index (χ1v) is 11.6. The van der Waals surface area contributed by atoms with E-state index >= 15 is 0 Å². The van der Waals surface area contributed by atoms with Crippen molar-refractivity contribution in [1.29, 1.82) is 0 Å². The molecule has 2 aromatic rings. The highest BCUT2D eigenvalue weighted by Gasteiger charge is 2.38. The first-order chi connectivity index (χ1) is 11.5. The van der Waals surface area contributed by atoms with Gasteiger partial charge in [-0.2, -0.15) is 0 Å².